The number of fused-ring (bicyclic) bond motifs is 1. The third-order valence-electron chi connectivity index (χ3n) is 5.98. The molecule has 3 heterocycles. The van der Waals surface area contributed by atoms with Gasteiger partial charge in [0, 0.05) is 62.3 Å². The average molecular weight is 382 g/mol. The number of carbonyl (C=O) groups excluding carboxylic acids is 1. The summed E-state index contributed by atoms with van der Waals surface area (Å²) in [6.07, 6.45) is 5.21. The number of ether oxygens (including phenoxy) is 1. The van der Waals surface area contributed by atoms with E-state index in [4.69, 9.17) is 9.72 Å². The first-order valence-corrected chi connectivity index (χ1v) is 10.6. The second kappa shape index (κ2) is 8.58. The van der Waals surface area contributed by atoms with Crippen molar-refractivity contribution in [1.29, 1.82) is 0 Å². The Balaban J connectivity index is 1.35. The van der Waals surface area contributed by atoms with Gasteiger partial charge in [-0.1, -0.05) is 24.3 Å². The lowest BCUT2D eigenvalue weighted by Gasteiger charge is -2.36. The summed E-state index contributed by atoms with van der Waals surface area (Å²) in [6, 6.07) is 10.5. The van der Waals surface area contributed by atoms with Gasteiger partial charge in [-0.3, -0.25) is 14.7 Å². The van der Waals surface area contributed by atoms with Crippen LogP contribution in [0.25, 0.3) is 10.8 Å². The van der Waals surface area contributed by atoms with E-state index in [0.29, 0.717) is 12.3 Å². The smallest absolute Gasteiger partial charge is 0.223 e. The molecule has 0 spiro atoms. The Kier molecular flexibility index (Phi) is 5.93. The molecule has 5 heteroatoms. The first-order valence-electron chi connectivity index (χ1n) is 10.6. The van der Waals surface area contributed by atoms with Crippen LogP contribution in [-0.4, -0.2) is 65.6 Å². The van der Waals surface area contributed by atoms with Crippen molar-refractivity contribution in [3.05, 3.63) is 42.2 Å². The number of rotatable bonds is 4. The van der Waals surface area contributed by atoms with Gasteiger partial charge in [0.15, 0.2) is 0 Å². The fraction of sp³-hybridized carbons (Fsp3) is 0.565. The lowest BCUT2D eigenvalue weighted by atomic mass is 9.93. The molecule has 2 aliphatic heterocycles. The molecular weight excluding hydrogens is 350 g/mol. The van der Waals surface area contributed by atoms with Crippen molar-refractivity contribution < 1.29 is 9.53 Å². The first kappa shape index (κ1) is 19.3. The van der Waals surface area contributed by atoms with E-state index in [-0.39, 0.29) is 18.1 Å². The Bertz CT molecular complexity index is 814. The molecule has 5 nitrogen and oxygen atoms in total. The van der Waals surface area contributed by atoms with Gasteiger partial charge in [-0.25, -0.2) is 0 Å². The van der Waals surface area contributed by atoms with Gasteiger partial charge < -0.3 is 9.64 Å². The van der Waals surface area contributed by atoms with E-state index >= 15 is 0 Å². The number of piperidine rings is 1. The highest BCUT2D eigenvalue weighted by atomic mass is 16.5. The zero-order valence-corrected chi connectivity index (χ0v) is 17.0. The lowest BCUT2D eigenvalue weighted by Crippen LogP contribution is -2.47. The number of morpholine rings is 1. The Labute approximate surface area is 167 Å². The molecule has 4 rings (SSSR count). The number of hydrogen-bond acceptors (Lipinski definition) is 4. The second-order valence-corrected chi connectivity index (χ2v) is 8.40. The Hall–Kier alpha value is -1.98. The molecule has 2 fully saturated rings. The van der Waals surface area contributed by atoms with Crippen LogP contribution in [0.5, 0.6) is 0 Å². The van der Waals surface area contributed by atoms with Crippen LogP contribution in [0.3, 0.4) is 0 Å². The molecule has 28 heavy (non-hydrogen) atoms. The van der Waals surface area contributed by atoms with Crippen LogP contribution in [0.2, 0.25) is 0 Å². The fourth-order valence-electron chi connectivity index (χ4n) is 4.65. The van der Waals surface area contributed by atoms with Crippen molar-refractivity contribution in [2.75, 3.05) is 32.7 Å². The number of pyridine rings is 1. The van der Waals surface area contributed by atoms with Gasteiger partial charge in [0.05, 0.1) is 12.2 Å². The monoisotopic (exact) mass is 381 g/mol. The third kappa shape index (κ3) is 4.53. The molecule has 1 amide bonds. The normalized spacial score (nSPS) is 26.5. The van der Waals surface area contributed by atoms with Crippen LogP contribution in [0.15, 0.2) is 36.5 Å². The van der Waals surface area contributed by atoms with Crippen molar-refractivity contribution >= 4 is 16.7 Å². The Morgan fingerprint density at radius 2 is 1.89 bits per heavy atom. The summed E-state index contributed by atoms with van der Waals surface area (Å²) < 4.78 is 5.79. The van der Waals surface area contributed by atoms with Crippen LogP contribution in [0, 0.1) is 0 Å². The molecule has 0 bridgehead atoms. The molecule has 0 saturated carbocycles. The molecule has 1 aromatic carbocycles. The van der Waals surface area contributed by atoms with Crippen LogP contribution in [0.4, 0.5) is 0 Å². The second-order valence-electron chi connectivity index (χ2n) is 8.40. The summed E-state index contributed by atoms with van der Waals surface area (Å²) in [7, 11) is 0. The highest BCUT2D eigenvalue weighted by molar-refractivity contribution is 5.82. The molecule has 3 unspecified atom stereocenters. The molecule has 0 aliphatic carbocycles. The van der Waals surface area contributed by atoms with Crippen molar-refractivity contribution in [3.8, 4) is 0 Å². The number of nitrogens with zero attached hydrogens (tertiary/aromatic N) is 3. The van der Waals surface area contributed by atoms with Crippen LogP contribution in [0.1, 0.15) is 44.7 Å². The lowest BCUT2D eigenvalue weighted by molar-refractivity contribution is -0.133. The van der Waals surface area contributed by atoms with Crippen LogP contribution >= 0.6 is 0 Å². The molecule has 3 atom stereocenters. The molecule has 0 N–H and O–H groups in total. The van der Waals surface area contributed by atoms with E-state index in [1.54, 1.807) is 0 Å². The van der Waals surface area contributed by atoms with Crippen molar-refractivity contribution in [2.24, 2.45) is 0 Å². The number of hydrogen-bond donors (Lipinski definition) is 0. The SMILES string of the molecule is CC1CN(CCC(=O)N2CCCC(c3cc4ccccc4cn3)C2)CC(C)O1. The zero-order chi connectivity index (χ0) is 19.5. The summed E-state index contributed by atoms with van der Waals surface area (Å²) in [6.45, 7) is 8.54. The van der Waals surface area contributed by atoms with Gasteiger partial charge in [-0.05, 0) is 38.1 Å². The van der Waals surface area contributed by atoms with Crippen LogP contribution < -0.4 is 0 Å². The predicted molar refractivity (Wildman–Crippen MR) is 111 cm³/mol. The molecule has 2 aromatic rings. The molecule has 150 valence electrons. The molecule has 2 saturated heterocycles. The largest absolute Gasteiger partial charge is 0.373 e. The van der Waals surface area contributed by atoms with E-state index in [1.165, 1.54) is 10.8 Å². The number of benzene rings is 1. The van der Waals surface area contributed by atoms with Gasteiger partial charge in [0.25, 0.3) is 0 Å². The number of likely N-dealkylation sites (tertiary alicyclic amines) is 1. The van der Waals surface area contributed by atoms with Gasteiger partial charge >= 0.3 is 0 Å². The summed E-state index contributed by atoms with van der Waals surface area (Å²) in [5.41, 5.74) is 1.12. The van der Waals surface area contributed by atoms with Crippen molar-refractivity contribution in [2.45, 2.75) is 51.2 Å². The average Bonchev–Trinajstić information content (AvgIpc) is 2.71. The van der Waals surface area contributed by atoms with Crippen molar-refractivity contribution in [3.63, 3.8) is 0 Å². The fourth-order valence-corrected chi connectivity index (χ4v) is 4.65. The summed E-state index contributed by atoms with van der Waals surface area (Å²) >= 11 is 0. The maximum Gasteiger partial charge on any atom is 0.223 e. The van der Waals surface area contributed by atoms with E-state index in [2.05, 4.69) is 47.9 Å². The predicted octanol–water partition coefficient (Wildman–Crippen LogP) is 3.44. The Morgan fingerprint density at radius 3 is 2.68 bits per heavy atom. The third-order valence-corrected chi connectivity index (χ3v) is 5.98. The summed E-state index contributed by atoms with van der Waals surface area (Å²) in [5, 5.41) is 2.40. The quantitative estimate of drug-likeness (QED) is 0.814. The van der Waals surface area contributed by atoms with E-state index in [9.17, 15) is 4.79 Å². The van der Waals surface area contributed by atoms with Gasteiger partial charge in [0.2, 0.25) is 5.91 Å². The molecule has 0 radical (unpaired) electrons. The number of aromatic nitrogens is 1. The highest BCUT2D eigenvalue weighted by Crippen LogP contribution is 2.28. The number of amides is 1. The molecule has 1 aromatic heterocycles. The highest BCUT2D eigenvalue weighted by Gasteiger charge is 2.27. The van der Waals surface area contributed by atoms with Gasteiger partial charge in [-0.15, -0.1) is 0 Å². The maximum absolute atomic E-state index is 12.8. The molecule has 2 aliphatic rings. The van der Waals surface area contributed by atoms with Crippen molar-refractivity contribution in [1.82, 2.24) is 14.8 Å². The maximum atomic E-state index is 12.8. The first-order chi connectivity index (χ1) is 13.6. The summed E-state index contributed by atoms with van der Waals surface area (Å²) in [4.78, 5) is 22.0. The standard InChI is InChI=1S/C23H31N3O2/c1-17-14-25(15-18(2)28-17)11-9-23(27)26-10-5-8-21(16-26)22-12-19-6-3-4-7-20(19)13-24-22/h3-4,6-7,12-13,17-18,21H,5,8-11,14-16H2,1-2H3. The van der Waals surface area contributed by atoms with Gasteiger partial charge in [-0.2, -0.15) is 0 Å². The zero-order valence-electron chi connectivity index (χ0n) is 17.0. The molecular formula is C23H31N3O2. The minimum absolute atomic E-state index is 0.247. The minimum Gasteiger partial charge on any atom is -0.373 e. The summed E-state index contributed by atoms with van der Waals surface area (Å²) in [5.74, 6) is 0.614. The van der Waals surface area contributed by atoms with Crippen LogP contribution in [-0.2, 0) is 9.53 Å². The van der Waals surface area contributed by atoms with E-state index in [1.807, 2.05) is 12.3 Å². The van der Waals surface area contributed by atoms with E-state index in [0.717, 1.165) is 51.3 Å². The van der Waals surface area contributed by atoms with Gasteiger partial charge in [0.1, 0.15) is 0 Å². The topological polar surface area (TPSA) is 45.7 Å². The number of carbonyl (C=O) groups is 1. The minimum atomic E-state index is 0.247. The Morgan fingerprint density at radius 1 is 1.14 bits per heavy atom. The van der Waals surface area contributed by atoms with E-state index < -0.39 is 0 Å².